The van der Waals surface area contributed by atoms with Crippen LogP contribution in [-0.2, 0) is 0 Å². The number of hydrogen-bond acceptors (Lipinski definition) is 8. The van der Waals surface area contributed by atoms with Gasteiger partial charge in [0, 0.05) is 6.54 Å². The molecule has 8 heteroatoms. The smallest absolute Gasteiger partial charge is 0.226 e. The van der Waals surface area contributed by atoms with Gasteiger partial charge < -0.3 is 26.0 Å². The molecule has 110 valence electrons. The Hall–Kier alpha value is -1.48. The van der Waals surface area contributed by atoms with Crippen molar-refractivity contribution in [3.05, 3.63) is 11.4 Å². The second-order valence-electron chi connectivity index (χ2n) is 4.45. The molecule has 2 heterocycles. The summed E-state index contributed by atoms with van der Waals surface area (Å²) in [6.45, 7) is 1.39. The van der Waals surface area contributed by atoms with Crippen LogP contribution in [0.15, 0.2) is 11.4 Å². The van der Waals surface area contributed by atoms with Gasteiger partial charge in [-0.15, -0.1) is 11.3 Å². The molecule has 0 fully saturated rings. The summed E-state index contributed by atoms with van der Waals surface area (Å²) in [6, 6.07) is 1.86. The number of rotatable bonds is 7. The van der Waals surface area contributed by atoms with Crippen LogP contribution in [0.2, 0.25) is 0 Å². The number of anilines is 2. The second kappa shape index (κ2) is 6.31. The Bertz CT molecular complexity index is 563. The topological polar surface area (TPSA) is 111 Å². The lowest BCUT2D eigenvalue weighted by Gasteiger charge is -2.29. The third-order valence-electron chi connectivity index (χ3n) is 2.95. The molecule has 0 aliphatic heterocycles. The fourth-order valence-electron chi connectivity index (χ4n) is 1.71. The molecule has 7 nitrogen and oxygen atoms in total. The lowest BCUT2D eigenvalue weighted by Crippen LogP contribution is -2.49. The van der Waals surface area contributed by atoms with E-state index >= 15 is 0 Å². The SMILES string of the molecule is CCNc1nc(NC(CO)(CO)CO)c2ccsc2n1. The summed E-state index contributed by atoms with van der Waals surface area (Å²) in [4.78, 5) is 9.49. The molecule has 20 heavy (non-hydrogen) atoms. The van der Waals surface area contributed by atoms with Gasteiger partial charge in [0.15, 0.2) is 0 Å². The van der Waals surface area contributed by atoms with Gasteiger partial charge in [-0.1, -0.05) is 0 Å². The third kappa shape index (κ3) is 2.83. The van der Waals surface area contributed by atoms with Gasteiger partial charge in [0.25, 0.3) is 0 Å². The normalized spacial score (nSPS) is 11.8. The number of thiophene rings is 1. The van der Waals surface area contributed by atoms with E-state index in [1.807, 2.05) is 18.4 Å². The van der Waals surface area contributed by atoms with E-state index in [0.29, 0.717) is 18.3 Å². The molecule has 5 N–H and O–H groups in total. The van der Waals surface area contributed by atoms with E-state index in [4.69, 9.17) is 0 Å². The highest BCUT2D eigenvalue weighted by Gasteiger charge is 2.29. The van der Waals surface area contributed by atoms with E-state index in [1.165, 1.54) is 11.3 Å². The molecule has 0 aliphatic carbocycles. The van der Waals surface area contributed by atoms with Crippen molar-refractivity contribution in [2.75, 3.05) is 37.0 Å². The van der Waals surface area contributed by atoms with E-state index < -0.39 is 25.4 Å². The minimum absolute atomic E-state index is 0.411. The molecular formula is C12H18N4O3S. The van der Waals surface area contributed by atoms with Crippen molar-refractivity contribution in [1.29, 1.82) is 0 Å². The average Bonchev–Trinajstić information content (AvgIpc) is 2.94. The molecule has 0 aliphatic rings. The van der Waals surface area contributed by atoms with Gasteiger partial charge in [-0.05, 0) is 18.4 Å². The largest absolute Gasteiger partial charge is 0.394 e. The van der Waals surface area contributed by atoms with E-state index in [-0.39, 0.29) is 0 Å². The quantitative estimate of drug-likeness (QED) is 0.498. The van der Waals surface area contributed by atoms with Gasteiger partial charge in [-0.2, -0.15) is 4.98 Å². The zero-order valence-corrected chi connectivity index (χ0v) is 11.9. The zero-order valence-electron chi connectivity index (χ0n) is 11.1. The first kappa shape index (κ1) is 14.9. The number of aliphatic hydroxyl groups is 3. The molecule has 2 rings (SSSR count). The summed E-state index contributed by atoms with van der Waals surface area (Å²) in [5, 5.41) is 36.8. The summed E-state index contributed by atoms with van der Waals surface area (Å²) in [6.07, 6.45) is 0. The average molecular weight is 298 g/mol. The standard InChI is InChI=1S/C12H18N4O3S/c1-2-13-11-14-9(8-3-4-20-10(8)15-11)16-12(5-17,6-18)7-19/h3-4,17-19H,2,5-7H2,1H3,(H2,13,14,15,16). The van der Waals surface area contributed by atoms with E-state index in [9.17, 15) is 15.3 Å². The molecule has 0 spiro atoms. The number of hydrogen-bond donors (Lipinski definition) is 5. The van der Waals surface area contributed by atoms with Crippen LogP contribution in [0.1, 0.15) is 6.92 Å². The van der Waals surface area contributed by atoms with Crippen LogP contribution in [0.3, 0.4) is 0 Å². The predicted molar refractivity (Wildman–Crippen MR) is 79.2 cm³/mol. The van der Waals surface area contributed by atoms with Crippen molar-refractivity contribution in [2.45, 2.75) is 12.5 Å². The molecule has 0 radical (unpaired) electrons. The molecule has 0 saturated heterocycles. The van der Waals surface area contributed by atoms with Gasteiger partial charge in [0.1, 0.15) is 16.2 Å². The summed E-state index contributed by atoms with van der Waals surface area (Å²) < 4.78 is 0. The molecule has 2 aromatic rings. The highest BCUT2D eigenvalue weighted by atomic mass is 32.1. The molecule has 0 saturated carbocycles. The van der Waals surface area contributed by atoms with Crippen LogP contribution >= 0.6 is 11.3 Å². The Labute approximate surface area is 120 Å². The van der Waals surface area contributed by atoms with Crippen molar-refractivity contribution in [1.82, 2.24) is 9.97 Å². The summed E-state index contributed by atoms with van der Waals surface area (Å²) in [5.74, 6) is 0.942. The van der Waals surface area contributed by atoms with E-state index in [1.54, 1.807) is 0 Å². The Morgan fingerprint density at radius 2 is 1.90 bits per heavy atom. The minimum Gasteiger partial charge on any atom is -0.394 e. The highest BCUT2D eigenvalue weighted by Crippen LogP contribution is 2.28. The van der Waals surface area contributed by atoms with Gasteiger partial charge in [0.2, 0.25) is 5.95 Å². The van der Waals surface area contributed by atoms with Crippen molar-refractivity contribution in [2.24, 2.45) is 0 Å². The summed E-state index contributed by atoms with van der Waals surface area (Å²) >= 11 is 1.47. The molecule has 0 bridgehead atoms. The van der Waals surface area contributed by atoms with Gasteiger partial charge in [-0.3, -0.25) is 0 Å². The molecular weight excluding hydrogens is 280 g/mol. The lowest BCUT2D eigenvalue weighted by atomic mass is 10.0. The Morgan fingerprint density at radius 1 is 1.20 bits per heavy atom. The zero-order chi connectivity index (χ0) is 14.6. The van der Waals surface area contributed by atoms with E-state index in [0.717, 1.165) is 10.2 Å². The van der Waals surface area contributed by atoms with E-state index in [2.05, 4.69) is 20.6 Å². The molecule has 0 unspecified atom stereocenters. The van der Waals surface area contributed by atoms with Crippen LogP contribution in [0.5, 0.6) is 0 Å². The van der Waals surface area contributed by atoms with Crippen LogP contribution in [0, 0.1) is 0 Å². The lowest BCUT2D eigenvalue weighted by molar-refractivity contribution is 0.0832. The third-order valence-corrected chi connectivity index (χ3v) is 3.76. The summed E-state index contributed by atoms with van der Waals surface area (Å²) in [7, 11) is 0. The Balaban J connectivity index is 2.43. The summed E-state index contributed by atoms with van der Waals surface area (Å²) in [5.41, 5.74) is -1.22. The molecule has 2 aromatic heterocycles. The predicted octanol–water partition coefficient (Wildman–Crippen LogP) is 0.251. The maximum absolute atomic E-state index is 9.39. The Morgan fingerprint density at radius 3 is 2.50 bits per heavy atom. The minimum atomic E-state index is -1.22. The maximum Gasteiger partial charge on any atom is 0.226 e. The van der Waals surface area contributed by atoms with Crippen LogP contribution in [0.25, 0.3) is 10.2 Å². The maximum atomic E-state index is 9.39. The number of fused-ring (bicyclic) bond motifs is 1. The monoisotopic (exact) mass is 298 g/mol. The molecule has 0 aromatic carbocycles. The van der Waals surface area contributed by atoms with Crippen LogP contribution in [0.4, 0.5) is 11.8 Å². The van der Waals surface area contributed by atoms with Gasteiger partial charge in [-0.25, -0.2) is 4.98 Å². The number of aliphatic hydroxyl groups excluding tert-OH is 3. The van der Waals surface area contributed by atoms with Crippen LogP contribution < -0.4 is 10.6 Å². The van der Waals surface area contributed by atoms with Gasteiger partial charge >= 0.3 is 0 Å². The van der Waals surface area contributed by atoms with Crippen molar-refractivity contribution in [3.63, 3.8) is 0 Å². The first-order chi connectivity index (χ1) is 9.68. The van der Waals surface area contributed by atoms with Crippen molar-refractivity contribution in [3.8, 4) is 0 Å². The number of nitrogens with zero attached hydrogens (tertiary/aromatic N) is 2. The van der Waals surface area contributed by atoms with Gasteiger partial charge in [0.05, 0.1) is 25.2 Å². The highest BCUT2D eigenvalue weighted by molar-refractivity contribution is 7.16. The first-order valence-electron chi connectivity index (χ1n) is 6.28. The first-order valence-corrected chi connectivity index (χ1v) is 7.16. The number of aromatic nitrogens is 2. The van der Waals surface area contributed by atoms with Crippen LogP contribution in [-0.4, -0.2) is 57.2 Å². The number of nitrogens with one attached hydrogen (secondary N) is 2. The fraction of sp³-hybridized carbons (Fsp3) is 0.500. The molecule has 0 atom stereocenters. The van der Waals surface area contributed by atoms with Crippen molar-refractivity contribution >= 4 is 33.3 Å². The second-order valence-corrected chi connectivity index (χ2v) is 5.34. The Kier molecular flexibility index (Phi) is 4.71. The molecule has 0 amide bonds. The van der Waals surface area contributed by atoms with Crippen molar-refractivity contribution < 1.29 is 15.3 Å². The fourth-order valence-corrected chi connectivity index (χ4v) is 2.47.